The van der Waals surface area contributed by atoms with Crippen molar-refractivity contribution in [1.29, 1.82) is 5.26 Å². The topological polar surface area (TPSA) is 72.5 Å². The molecule has 0 spiro atoms. The van der Waals surface area contributed by atoms with Gasteiger partial charge in [0.25, 0.3) is 0 Å². The van der Waals surface area contributed by atoms with Crippen molar-refractivity contribution in [2.24, 2.45) is 0 Å². The third-order valence-electron chi connectivity index (χ3n) is 5.83. The number of benzene rings is 2. The molecule has 0 radical (unpaired) electrons. The fourth-order valence-corrected chi connectivity index (χ4v) is 4.19. The minimum atomic E-state index is -0.764. The Hall–Kier alpha value is -4.42. The normalized spacial score (nSPS) is 10.9. The fraction of sp³-hybridized carbons (Fsp3) is 0.214. The number of rotatable bonds is 8. The average Bonchev–Trinajstić information content (AvgIpc) is 3.34. The van der Waals surface area contributed by atoms with Gasteiger partial charge in [0.1, 0.15) is 23.3 Å². The maximum atomic E-state index is 14.9. The van der Waals surface area contributed by atoms with Crippen LogP contribution in [0, 0.1) is 23.0 Å². The quantitative estimate of drug-likeness (QED) is 0.318. The van der Waals surface area contributed by atoms with Crippen LogP contribution in [0.5, 0.6) is 17.2 Å². The number of nitrogens with zero attached hydrogens (tertiary/aromatic N) is 4. The van der Waals surface area contributed by atoms with E-state index < -0.39 is 11.6 Å². The first kappa shape index (κ1) is 25.7. The summed E-state index contributed by atoms with van der Waals surface area (Å²) < 4.78 is 46.8. The van der Waals surface area contributed by atoms with Crippen LogP contribution in [0.1, 0.15) is 11.3 Å². The summed E-state index contributed by atoms with van der Waals surface area (Å²) in [5.74, 6) is 0.0313. The molecule has 0 amide bonds. The summed E-state index contributed by atoms with van der Waals surface area (Å²) in [6.45, 7) is 0.578. The lowest BCUT2D eigenvalue weighted by Crippen LogP contribution is -2.15. The van der Waals surface area contributed by atoms with Crippen LogP contribution in [0.15, 0.2) is 54.7 Å². The van der Waals surface area contributed by atoms with Gasteiger partial charge in [0.2, 0.25) is 5.75 Å². The molecule has 0 fully saturated rings. The summed E-state index contributed by atoms with van der Waals surface area (Å²) in [4.78, 5) is 6.68. The van der Waals surface area contributed by atoms with Crippen LogP contribution < -0.4 is 14.2 Å². The predicted octanol–water partition coefficient (Wildman–Crippen LogP) is 5.44. The zero-order chi connectivity index (χ0) is 26.7. The first-order chi connectivity index (χ1) is 17.8. The molecule has 0 atom stereocenters. The van der Waals surface area contributed by atoms with Crippen LogP contribution in [0.4, 0.5) is 8.78 Å². The zero-order valence-electron chi connectivity index (χ0n) is 21.2. The van der Waals surface area contributed by atoms with Crippen LogP contribution in [0.25, 0.3) is 28.2 Å². The Morgan fingerprint density at radius 3 is 2.22 bits per heavy atom. The number of hydrogen-bond acceptors (Lipinski definition) is 6. The standard InChI is InChI=1S/C28H26F2N4O3/c1-33(2)16-19-7-6-10-34(19)28-22(15-31)21(14-24(32-28)20-9-8-18(29)13-23(20)30)17-11-25(35-3)27(37-5)26(12-17)36-4/h6-14H,16H2,1-5H3. The highest BCUT2D eigenvalue weighted by Crippen LogP contribution is 2.43. The molecule has 9 heteroatoms. The average molecular weight is 505 g/mol. The van der Waals surface area contributed by atoms with Crippen LogP contribution in [0.3, 0.4) is 0 Å². The first-order valence-corrected chi connectivity index (χ1v) is 11.3. The minimum Gasteiger partial charge on any atom is -0.493 e. The summed E-state index contributed by atoms with van der Waals surface area (Å²) in [6, 6.07) is 14.4. The largest absolute Gasteiger partial charge is 0.493 e. The smallest absolute Gasteiger partial charge is 0.203 e. The predicted molar refractivity (Wildman–Crippen MR) is 136 cm³/mol. The SMILES string of the molecule is COc1cc(-c2cc(-c3ccc(F)cc3F)nc(-n3cccc3CN(C)C)c2C#N)cc(OC)c1OC. The number of nitriles is 1. The van der Waals surface area contributed by atoms with Crippen LogP contribution in [-0.4, -0.2) is 49.9 Å². The monoisotopic (exact) mass is 504 g/mol. The Morgan fingerprint density at radius 1 is 0.946 bits per heavy atom. The van der Waals surface area contributed by atoms with Crippen molar-refractivity contribution in [3.63, 3.8) is 0 Å². The van der Waals surface area contributed by atoms with Gasteiger partial charge in [0.05, 0.1) is 27.0 Å². The van der Waals surface area contributed by atoms with Gasteiger partial charge in [-0.1, -0.05) is 0 Å². The second-order valence-electron chi connectivity index (χ2n) is 8.51. The Balaban J connectivity index is 2.08. The molecule has 2 aromatic heterocycles. The molecule has 0 aliphatic carbocycles. The van der Waals surface area contributed by atoms with Gasteiger partial charge in [0, 0.05) is 35.6 Å². The lowest BCUT2D eigenvalue weighted by atomic mass is 9.97. The first-order valence-electron chi connectivity index (χ1n) is 11.3. The van der Waals surface area contributed by atoms with Gasteiger partial charge in [-0.05, 0) is 62.1 Å². The third kappa shape index (κ3) is 4.97. The van der Waals surface area contributed by atoms with E-state index in [9.17, 15) is 14.0 Å². The number of methoxy groups -OCH3 is 3. The maximum Gasteiger partial charge on any atom is 0.203 e. The number of pyridine rings is 1. The number of ether oxygens (including phenoxy) is 3. The molecule has 0 saturated heterocycles. The molecule has 0 N–H and O–H groups in total. The van der Waals surface area contributed by atoms with E-state index in [0.717, 1.165) is 11.8 Å². The summed E-state index contributed by atoms with van der Waals surface area (Å²) in [5, 5.41) is 10.3. The van der Waals surface area contributed by atoms with Crippen molar-refractivity contribution in [1.82, 2.24) is 14.5 Å². The van der Waals surface area contributed by atoms with Crippen LogP contribution in [0.2, 0.25) is 0 Å². The molecule has 2 heterocycles. The summed E-state index contributed by atoms with van der Waals surface area (Å²) in [7, 11) is 8.36. The molecule has 4 aromatic rings. The van der Waals surface area contributed by atoms with E-state index in [0.29, 0.717) is 40.7 Å². The molecule has 7 nitrogen and oxygen atoms in total. The van der Waals surface area contributed by atoms with Gasteiger partial charge < -0.3 is 23.7 Å². The highest BCUT2D eigenvalue weighted by molar-refractivity contribution is 5.81. The van der Waals surface area contributed by atoms with Gasteiger partial charge in [-0.15, -0.1) is 0 Å². The molecule has 2 aromatic carbocycles. The van der Waals surface area contributed by atoms with Crippen LogP contribution >= 0.6 is 0 Å². The van der Waals surface area contributed by atoms with E-state index in [4.69, 9.17) is 19.2 Å². The molecule has 0 saturated carbocycles. The molecule has 0 aliphatic rings. The van der Waals surface area contributed by atoms with Crippen LogP contribution in [-0.2, 0) is 6.54 Å². The zero-order valence-corrected chi connectivity index (χ0v) is 21.2. The lowest BCUT2D eigenvalue weighted by Gasteiger charge is -2.19. The summed E-state index contributed by atoms with van der Waals surface area (Å²) in [5.41, 5.74) is 2.51. The fourth-order valence-electron chi connectivity index (χ4n) is 4.19. The Labute approximate surface area is 214 Å². The number of hydrogen-bond donors (Lipinski definition) is 0. The molecule has 0 bridgehead atoms. The Kier molecular flexibility index (Phi) is 7.41. The van der Waals surface area contributed by atoms with Gasteiger partial charge in [-0.3, -0.25) is 0 Å². The van der Waals surface area contributed by atoms with E-state index in [1.807, 2.05) is 31.1 Å². The molecule has 0 unspecified atom stereocenters. The van der Waals surface area contributed by atoms with Crippen molar-refractivity contribution >= 4 is 0 Å². The Morgan fingerprint density at radius 2 is 1.65 bits per heavy atom. The minimum absolute atomic E-state index is 0.0992. The van der Waals surface area contributed by atoms with Crippen molar-refractivity contribution in [2.75, 3.05) is 35.4 Å². The number of aromatic nitrogens is 2. The molecular formula is C28H26F2N4O3. The van der Waals surface area contributed by atoms with Crippen molar-refractivity contribution in [3.8, 4) is 51.5 Å². The highest BCUT2D eigenvalue weighted by atomic mass is 19.1. The van der Waals surface area contributed by atoms with E-state index in [2.05, 4.69) is 6.07 Å². The van der Waals surface area contributed by atoms with E-state index >= 15 is 0 Å². The second kappa shape index (κ2) is 10.7. The van der Waals surface area contributed by atoms with Gasteiger partial charge in [-0.2, -0.15) is 5.26 Å². The Bertz CT molecular complexity index is 1470. The molecule has 4 rings (SSSR count). The molecule has 0 aliphatic heterocycles. The number of halogens is 2. The van der Waals surface area contributed by atoms with E-state index in [1.54, 1.807) is 29.0 Å². The highest BCUT2D eigenvalue weighted by Gasteiger charge is 2.22. The van der Waals surface area contributed by atoms with E-state index in [1.165, 1.54) is 33.5 Å². The van der Waals surface area contributed by atoms with Crippen molar-refractivity contribution in [2.45, 2.75) is 6.54 Å². The molecular weight excluding hydrogens is 478 g/mol. The molecule has 190 valence electrons. The maximum absolute atomic E-state index is 14.9. The lowest BCUT2D eigenvalue weighted by molar-refractivity contribution is 0.324. The molecule has 37 heavy (non-hydrogen) atoms. The van der Waals surface area contributed by atoms with Gasteiger partial charge >= 0.3 is 0 Å². The second-order valence-corrected chi connectivity index (χ2v) is 8.51. The summed E-state index contributed by atoms with van der Waals surface area (Å²) >= 11 is 0. The third-order valence-corrected chi connectivity index (χ3v) is 5.83. The van der Waals surface area contributed by atoms with E-state index in [-0.39, 0.29) is 16.8 Å². The van der Waals surface area contributed by atoms with Crippen molar-refractivity contribution < 1.29 is 23.0 Å². The van der Waals surface area contributed by atoms with Gasteiger partial charge in [-0.25, -0.2) is 13.8 Å². The van der Waals surface area contributed by atoms with Gasteiger partial charge in [0.15, 0.2) is 17.3 Å². The van der Waals surface area contributed by atoms with Crippen molar-refractivity contribution in [3.05, 3.63) is 77.6 Å². The summed E-state index contributed by atoms with van der Waals surface area (Å²) in [6.07, 6.45) is 1.80.